The number of carbonyl (C=O) groups is 2. The maximum Gasteiger partial charge on any atom is 0.317 e. The molecule has 1 aliphatic heterocycles. The van der Waals surface area contributed by atoms with Gasteiger partial charge in [0.15, 0.2) is 0 Å². The first-order valence-corrected chi connectivity index (χ1v) is 7.73. The highest BCUT2D eigenvalue weighted by molar-refractivity contribution is 5.74. The van der Waals surface area contributed by atoms with E-state index in [9.17, 15) is 9.59 Å². The first kappa shape index (κ1) is 17.8. The fraction of sp³-hybridized carbons (Fsp3) is 0.867. The Bertz CT molecular complexity index is 358. The third-order valence-corrected chi connectivity index (χ3v) is 4.10. The molecule has 1 heterocycles. The zero-order chi connectivity index (χ0) is 16.0. The fourth-order valence-corrected chi connectivity index (χ4v) is 2.53. The molecular formula is C15H29N3O3. The summed E-state index contributed by atoms with van der Waals surface area (Å²) < 4.78 is 0. The van der Waals surface area contributed by atoms with Crippen LogP contribution in [0.25, 0.3) is 0 Å². The number of carboxylic acid groups (broad SMARTS) is 1. The Morgan fingerprint density at radius 2 is 1.76 bits per heavy atom. The Balaban J connectivity index is 2.35. The molecule has 0 aromatic carbocycles. The van der Waals surface area contributed by atoms with Crippen molar-refractivity contribution < 1.29 is 14.7 Å². The second-order valence-electron chi connectivity index (χ2n) is 6.70. The normalized spacial score (nSPS) is 18.4. The lowest BCUT2D eigenvalue weighted by Gasteiger charge is -2.42. The van der Waals surface area contributed by atoms with E-state index in [-0.39, 0.29) is 23.9 Å². The molecule has 1 saturated heterocycles. The minimum Gasteiger partial charge on any atom is -0.481 e. The minimum atomic E-state index is -0.810. The number of nitrogens with zero attached hydrogens (tertiary/aromatic N) is 2. The van der Waals surface area contributed by atoms with Crippen LogP contribution in [0.1, 0.15) is 40.5 Å². The molecule has 1 atom stereocenters. The van der Waals surface area contributed by atoms with Crippen LogP contribution in [-0.2, 0) is 4.79 Å². The van der Waals surface area contributed by atoms with Crippen LogP contribution >= 0.6 is 0 Å². The van der Waals surface area contributed by atoms with Gasteiger partial charge in [0, 0.05) is 44.7 Å². The summed E-state index contributed by atoms with van der Waals surface area (Å²) in [4.78, 5) is 27.0. The molecule has 1 unspecified atom stereocenters. The van der Waals surface area contributed by atoms with E-state index in [0.717, 1.165) is 32.6 Å². The van der Waals surface area contributed by atoms with Gasteiger partial charge in [-0.05, 0) is 26.7 Å². The quantitative estimate of drug-likeness (QED) is 0.809. The van der Waals surface area contributed by atoms with Crippen LogP contribution < -0.4 is 5.32 Å². The molecule has 0 aromatic heterocycles. The molecule has 122 valence electrons. The van der Waals surface area contributed by atoms with Crippen LogP contribution in [-0.4, -0.2) is 65.2 Å². The molecule has 6 heteroatoms. The highest BCUT2D eigenvalue weighted by Gasteiger charge is 2.27. The number of hydrogen-bond acceptors (Lipinski definition) is 3. The Morgan fingerprint density at radius 1 is 1.19 bits per heavy atom. The van der Waals surface area contributed by atoms with E-state index in [1.54, 1.807) is 0 Å². The predicted molar refractivity (Wildman–Crippen MR) is 82.3 cm³/mol. The van der Waals surface area contributed by atoms with Gasteiger partial charge in [0.05, 0.1) is 0 Å². The average Bonchev–Trinajstić information content (AvgIpc) is 2.41. The van der Waals surface area contributed by atoms with E-state index in [1.165, 1.54) is 0 Å². The van der Waals surface area contributed by atoms with Crippen molar-refractivity contribution in [3.63, 3.8) is 0 Å². The molecule has 2 N–H and O–H groups in total. The lowest BCUT2D eigenvalue weighted by Crippen LogP contribution is -2.56. The summed E-state index contributed by atoms with van der Waals surface area (Å²) >= 11 is 0. The lowest BCUT2D eigenvalue weighted by atomic mass is 10.0. The number of carbonyl (C=O) groups excluding carboxylic acids is 1. The highest BCUT2D eigenvalue weighted by atomic mass is 16.4. The number of nitrogens with one attached hydrogen (secondary N) is 1. The van der Waals surface area contributed by atoms with Crippen LogP contribution in [0.2, 0.25) is 0 Å². The number of amides is 2. The van der Waals surface area contributed by atoms with Gasteiger partial charge in [-0.2, -0.15) is 0 Å². The van der Waals surface area contributed by atoms with Crippen molar-refractivity contribution in [3.8, 4) is 0 Å². The van der Waals surface area contributed by atoms with Crippen molar-refractivity contribution in [2.24, 2.45) is 5.92 Å². The molecule has 0 spiro atoms. The maximum absolute atomic E-state index is 12.1. The second kappa shape index (κ2) is 7.64. The zero-order valence-electron chi connectivity index (χ0n) is 13.7. The molecule has 0 saturated carbocycles. The number of rotatable bonds is 5. The topological polar surface area (TPSA) is 72.9 Å². The van der Waals surface area contributed by atoms with Crippen molar-refractivity contribution in [3.05, 3.63) is 0 Å². The summed E-state index contributed by atoms with van der Waals surface area (Å²) in [6.45, 7) is 12.1. The van der Waals surface area contributed by atoms with E-state index in [2.05, 4.69) is 31.0 Å². The Kier molecular flexibility index (Phi) is 6.45. The Morgan fingerprint density at radius 3 is 2.19 bits per heavy atom. The number of aliphatic carboxylic acids is 1. The number of piperazine rings is 1. The summed E-state index contributed by atoms with van der Waals surface area (Å²) in [5.41, 5.74) is 0.136. The van der Waals surface area contributed by atoms with Crippen molar-refractivity contribution in [2.75, 3.05) is 32.7 Å². The van der Waals surface area contributed by atoms with Gasteiger partial charge in [-0.25, -0.2) is 4.79 Å². The zero-order valence-corrected chi connectivity index (χ0v) is 13.7. The number of carboxylic acids is 1. The molecule has 0 radical (unpaired) electrons. The summed E-state index contributed by atoms with van der Waals surface area (Å²) in [5.74, 6) is -0.808. The first-order chi connectivity index (χ1) is 9.74. The van der Waals surface area contributed by atoms with Crippen LogP contribution in [0.4, 0.5) is 4.79 Å². The van der Waals surface area contributed by atoms with Crippen molar-refractivity contribution in [1.29, 1.82) is 0 Å². The summed E-state index contributed by atoms with van der Waals surface area (Å²) in [5, 5.41) is 11.7. The van der Waals surface area contributed by atoms with E-state index in [0.29, 0.717) is 6.54 Å². The molecule has 21 heavy (non-hydrogen) atoms. The minimum absolute atomic E-state index is 0.00214. The van der Waals surface area contributed by atoms with E-state index >= 15 is 0 Å². The summed E-state index contributed by atoms with van der Waals surface area (Å²) in [6.07, 6.45) is 0.860. The summed E-state index contributed by atoms with van der Waals surface area (Å²) in [7, 11) is 0. The highest BCUT2D eigenvalue weighted by Crippen LogP contribution is 2.15. The molecular weight excluding hydrogens is 270 g/mol. The van der Waals surface area contributed by atoms with Gasteiger partial charge >= 0.3 is 12.0 Å². The van der Waals surface area contributed by atoms with Crippen molar-refractivity contribution >= 4 is 12.0 Å². The van der Waals surface area contributed by atoms with E-state index in [1.807, 2.05) is 11.8 Å². The lowest BCUT2D eigenvalue weighted by molar-refractivity contribution is -0.138. The van der Waals surface area contributed by atoms with Crippen LogP contribution in [0.5, 0.6) is 0 Å². The fourth-order valence-electron chi connectivity index (χ4n) is 2.53. The molecule has 6 nitrogen and oxygen atoms in total. The van der Waals surface area contributed by atoms with Gasteiger partial charge in [-0.1, -0.05) is 13.3 Å². The van der Waals surface area contributed by atoms with Gasteiger partial charge in [0.2, 0.25) is 0 Å². The van der Waals surface area contributed by atoms with Crippen LogP contribution in [0.3, 0.4) is 0 Å². The molecule has 2 amide bonds. The Labute approximate surface area is 127 Å². The van der Waals surface area contributed by atoms with Crippen LogP contribution in [0, 0.1) is 5.92 Å². The molecule has 0 aliphatic carbocycles. The van der Waals surface area contributed by atoms with Crippen molar-refractivity contribution in [2.45, 2.75) is 46.1 Å². The largest absolute Gasteiger partial charge is 0.481 e. The molecule has 0 aromatic rings. The molecule has 0 bridgehead atoms. The maximum atomic E-state index is 12.1. The standard InChI is InChI=1S/C15H29N3O3/c1-5-12(10-13(19)20)11-16-14(21)17-6-8-18(9-7-17)15(2,3)4/h12H,5-11H2,1-4H3,(H,16,21)(H,19,20). The second-order valence-corrected chi connectivity index (χ2v) is 6.70. The first-order valence-electron chi connectivity index (χ1n) is 7.73. The van der Waals surface area contributed by atoms with Gasteiger partial charge in [0.1, 0.15) is 0 Å². The molecule has 1 fully saturated rings. The third kappa shape index (κ3) is 5.91. The smallest absolute Gasteiger partial charge is 0.317 e. The third-order valence-electron chi connectivity index (χ3n) is 4.10. The number of hydrogen-bond donors (Lipinski definition) is 2. The van der Waals surface area contributed by atoms with E-state index in [4.69, 9.17) is 5.11 Å². The predicted octanol–water partition coefficient (Wildman–Crippen LogP) is 1.61. The van der Waals surface area contributed by atoms with E-state index < -0.39 is 5.97 Å². The van der Waals surface area contributed by atoms with Gasteiger partial charge in [-0.15, -0.1) is 0 Å². The SMILES string of the molecule is CCC(CNC(=O)N1CCN(C(C)(C)C)CC1)CC(=O)O. The number of urea groups is 1. The molecule has 1 aliphatic rings. The summed E-state index contributed by atoms with van der Waals surface area (Å²) in [6, 6.07) is -0.0765. The van der Waals surface area contributed by atoms with Gasteiger partial charge in [0.25, 0.3) is 0 Å². The van der Waals surface area contributed by atoms with Crippen LogP contribution in [0.15, 0.2) is 0 Å². The average molecular weight is 299 g/mol. The van der Waals surface area contributed by atoms with Gasteiger partial charge in [-0.3, -0.25) is 9.69 Å². The Hall–Kier alpha value is -1.30. The monoisotopic (exact) mass is 299 g/mol. The van der Waals surface area contributed by atoms with Crippen molar-refractivity contribution in [1.82, 2.24) is 15.1 Å². The van der Waals surface area contributed by atoms with Gasteiger partial charge < -0.3 is 15.3 Å². The molecule has 1 rings (SSSR count).